The Bertz CT molecular complexity index is 789. The average Bonchev–Trinajstić information content (AvgIpc) is 3.12. The van der Waals surface area contributed by atoms with E-state index in [9.17, 15) is 4.79 Å². The van der Waals surface area contributed by atoms with E-state index in [1.165, 1.54) is 22.6 Å². The van der Waals surface area contributed by atoms with Crippen LogP contribution in [0.5, 0.6) is 0 Å². The Morgan fingerprint density at radius 1 is 1.18 bits per heavy atom. The van der Waals surface area contributed by atoms with Crippen LogP contribution in [-0.4, -0.2) is 56.6 Å². The maximum atomic E-state index is 12.1. The van der Waals surface area contributed by atoms with Crippen LogP contribution < -0.4 is 20.9 Å². The zero-order valence-electron chi connectivity index (χ0n) is 17.1. The zero-order chi connectivity index (χ0) is 20.4. The van der Waals surface area contributed by atoms with E-state index >= 15 is 0 Å². The van der Waals surface area contributed by atoms with Crippen LogP contribution >= 0.6 is 11.3 Å². The summed E-state index contributed by atoms with van der Waals surface area (Å²) in [5.41, 5.74) is 4.94. The summed E-state index contributed by atoms with van der Waals surface area (Å²) in [5.74, 6) is 0.644. The van der Waals surface area contributed by atoms with Crippen LogP contribution in [-0.2, 0) is 0 Å². The minimum absolute atomic E-state index is 0.0820. The van der Waals surface area contributed by atoms with E-state index in [4.69, 9.17) is 0 Å². The minimum Gasteiger partial charge on any atom is -0.370 e. The van der Waals surface area contributed by atoms with Gasteiger partial charge in [0.1, 0.15) is 4.88 Å². The van der Waals surface area contributed by atoms with E-state index in [1.807, 2.05) is 6.92 Å². The molecule has 2 aromatic rings. The molecule has 28 heavy (non-hydrogen) atoms. The molecule has 1 heterocycles. The van der Waals surface area contributed by atoms with Gasteiger partial charge in [0, 0.05) is 45.5 Å². The van der Waals surface area contributed by atoms with Crippen molar-refractivity contribution in [1.82, 2.24) is 20.9 Å². The molecule has 0 aliphatic heterocycles. The van der Waals surface area contributed by atoms with E-state index in [1.54, 1.807) is 12.6 Å². The smallest absolute Gasteiger partial charge is 0.263 e. The van der Waals surface area contributed by atoms with Crippen molar-refractivity contribution in [1.29, 1.82) is 0 Å². The summed E-state index contributed by atoms with van der Waals surface area (Å²) in [7, 11) is 1.74. The number of anilines is 1. The molecule has 1 amide bonds. The lowest BCUT2D eigenvalue weighted by atomic mass is 10.2. The Morgan fingerprint density at radius 3 is 2.57 bits per heavy atom. The van der Waals surface area contributed by atoms with Gasteiger partial charge in [0.25, 0.3) is 5.91 Å². The van der Waals surface area contributed by atoms with Crippen LogP contribution in [0.4, 0.5) is 5.69 Å². The van der Waals surface area contributed by atoms with Gasteiger partial charge in [0.2, 0.25) is 0 Å². The lowest BCUT2D eigenvalue weighted by Crippen LogP contribution is -2.44. The quantitative estimate of drug-likeness (QED) is 0.340. The van der Waals surface area contributed by atoms with Crippen molar-refractivity contribution in [3.8, 4) is 0 Å². The van der Waals surface area contributed by atoms with Gasteiger partial charge in [0.05, 0.1) is 11.2 Å². The molecular weight excluding hydrogens is 372 g/mol. The van der Waals surface area contributed by atoms with E-state index in [2.05, 4.69) is 68.9 Å². The van der Waals surface area contributed by atoms with Crippen LogP contribution in [0.1, 0.15) is 27.9 Å². The molecule has 0 aliphatic carbocycles. The van der Waals surface area contributed by atoms with Gasteiger partial charge in [0.15, 0.2) is 5.96 Å². The molecule has 1 aromatic heterocycles. The lowest BCUT2D eigenvalue weighted by molar-refractivity contribution is 0.0957. The maximum absolute atomic E-state index is 12.1. The Labute approximate surface area is 171 Å². The highest BCUT2D eigenvalue weighted by Gasteiger charge is 2.10. The second kappa shape index (κ2) is 11.3. The summed E-state index contributed by atoms with van der Waals surface area (Å²) in [5, 5.41) is 9.43. The number of amides is 1. The Morgan fingerprint density at radius 2 is 1.93 bits per heavy atom. The molecule has 3 N–H and O–H groups in total. The summed E-state index contributed by atoms with van der Waals surface area (Å²) in [6.07, 6.45) is 0. The van der Waals surface area contributed by atoms with Crippen molar-refractivity contribution in [2.24, 2.45) is 4.99 Å². The van der Waals surface area contributed by atoms with Crippen molar-refractivity contribution < 1.29 is 4.79 Å². The number of carbonyl (C=O) groups excluding carboxylic acids is 1. The average molecular weight is 403 g/mol. The van der Waals surface area contributed by atoms with Crippen molar-refractivity contribution in [3.05, 3.63) is 45.9 Å². The van der Waals surface area contributed by atoms with Crippen molar-refractivity contribution in [2.45, 2.75) is 20.8 Å². The van der Waals surface area contributed by atoms with Gasteiger partial charge >= 0.3 is 0 Å². The van der Waals surface area contributed by atoms with Gasteiger partial charge < -0.3 is 20.9 Å². The van der Waals surface area contributed by atoms with Gasteiger partial charge in [-0.15, -0.1) is 11.3 Å². The number of rotatable bonds is 9. The van der Waals surface area contributed by atoms with E-state index in [0.29, 0.717) is 18.0 Å². The first kappa shape index (κ1) is 21.7. The number of carbonyl (C=O) groups is 1. The first-order chi connectivity index (χ1) is 13.5. The first-order valence-corrected chi connectivity index (χ1v) is 10.4. The summed E-state index contributed by atoms with van der Waals surface area (Å²) >= 11 is 1.36. The Hall–Kier alpha value is -2.61. The normalized spacial score (nSPS) is 11.2. The van der Waals surface area contributed by atoms with E-state index in [0.717, 1.165) is 31.3 Å². The number of nitrogens with one attached hydrogen (secondary N) is 3. The number of benzene rings is 1. The standard InChI is InChI=1S/C20H30N6OS/c1-5-26(17-8-6-7-15(2)13-17)12-11-24-20(21-4)23-10-9-22-19(27)18-16(3)25-14-28-18/h6-8,13-14H,5,9-12H2,1-4H3,(H,22,27)(H2,21,23,24). The number of aliphatic imine (C=N–C) groups is 1. The highest BCUT2D eigenvalue weighted by molar-refractivity contribution is 7.11. The molecule has 0 radical (unpaired) electrons. The second-order valence-corrected chi connectivity index (χ2v) is 7.22. The summed E-state index contributed by atoms with van der Waals surface area (Å²) in [4.78, 5) is 23.4. The Kier molecular flexibility index (Phi) is 8.74. The predicted molar refractivity (Wildman–Crippen MR) is 118 cm³/mol. The minimum atomic E-state index is -0.0820. The fraction of sp³-hybridized carbons (Fsp3) is 0.450. The summed E-state index contributed by atoms with van der Waals surface area (Å²) in [6.45, 7) is 9.81. The van der Waals surface area contributed by atoms with Crippen LogP contribution in [0, 0.1) is 13.8 Å². The van der Waals surface area contributed by atoms with Gasteiger partial charge in [-0.3, -0.25) is 9.79 Å². The molecule has 8 heteroatoms. The van der Waals surface area contributed by atoms with Crippen LogP contribution in [0.3, 0.4) is 0 Å². The number of hydrogen-bond donors (Lipinski definition) is 3. The highest BCUT2D eigenvalue weighted by Crippen LogP contribution is 2.15. The predicted octanol–water partition coefficient (Wildman–Crippen LogP) is 2.18. The van der Waals surface area contributed by atoms with Gasteiger partial charge in [-0.05, 0) is 38.5 Å². The second-order valence-electron chi connectivity index (χ2n) is 6.37. The fourth-order valence-electron chi connectivity index (χ4n) is 2.78. The molecule has 0 unspecified atom stereocenters. The topological polar surface area (TPSA) is 81.6 Å². The van der Waals surface area contributed by atoms with E-state index in [-0.39, 0.29) is 5.91 Å². The molecule has 0 atom stereocenters. The third kappa shape index (κ3) is 6.53. The number of likely N-dealkylation sites (N-methyl/N-ethyl adjacent to an activating group) is 1. The number of guanidine groups is 1. The maximum Gasteiger partial charge on any atom is 0.263 e. The molecule has 152 valence electrons. The molecule has 7 nitrogen and oxygen atoms in total. The van der Waals surface area contributed by atoms with Gasteiger partial charge in [-0.2, -0.15) is 0 Å². The molecule has 0 fully saturated rings. The first-order valence-electron chi connectivity index (χ1n) is 9.49. The fourth-order valence-corrected chi connectivity index (χ4v) is 3.50. The molecule has 0 bridgehead atoms. The number of nitrogens with zero attached hydrogens (tertiary/aromatic N) is 3. The van der Waals surface area contributed by atoms with Gasteiger partial charge in [-0.1, -0.05) is 12.1 Å². The van der Waals surface area contributed by atoms with Crippen molar-refractivity contribution >= 4 is 28.9 Å². The third-order valence-electron chi connectivity index (χ3n) is 4.30. The summed E-state index contributed by atoms with van der Waals surface area (Å²) in [6, 6.07) is 8.53. The Balaban J connectivity index is 1.69. The van der Waals surface area contributed by atoms with Crippen LogP contribution in [0.15, 0.2) is 34.8 Å². The number of aromatic nitrogens is 1. The molecule has 0 saturated carbocycles. The number of aryl methyl sites for hydroxylation is 2. The summed E-state index contributed by atoms with van der Waals surface area (Å²) < 4.78 is 0. The molecule has 1 aromatic carbocycles. The molecular formula is C20H30N6OS. The van der Waals surface area contributed by atoms with Gasteiger partial charge in [-0.25, -0.2) is 4.98 Å². The van der Waals surface area contributed by atoms with E-state index < -0.39 is 0 Å². The number of thiazole rings is 1. The van der Waals surface area contributed by atoms with Crippen LogP contribution in [0.2, 0.25) is 0 Å². The van der Waals surface area contributed by atoms with Crippen molar-refractivity contribution in [3.63, 3.8) is 0 Å². The third-order valence-corrected chi connectivity index (χ3v) is 5.23. The largest absolute Gasteiger partial charge is 0.370 e. The molecule has 0 aliphatic rings. The zero-order valence-corrected chi connectivity index (χ0v) is 17.9. The molecule has 2 rings (SSSR count). The monoisotopic (exact) mass is 402 g/mol. The lowest BCUT2D eigenvalue weighted by Gasteiger charge is -2.24. The molecule has 0 spiro atoms. The van der Waals surface area contributed by atoms with Crippen LogP contribution in [0.25, 0.3) is 0 Å². The van der Waals surface area contributed by atoms with Crippen molar-refractivity contribution in [2.75, 3.05) is 44.7 Å². The SMILES string of the molecule is CCN(CCNC(=NC)NCCNC(=O)c1scnc1C)c1cccc(C)c1. The highest BCUT2D eigenvalue weighted by atomic mass is 32.1. The number of hydrogen-bond acceptors (Lipinski definition) is 5. The molecule has 0 saturated heterocycles.